The summed E-state index contributed by atoms with van der Waals surface area (Å²) in [5.74, 6) is -0.545. The molecule has 0 spiro atoms. The van der Waals surface area contributed by atoms with E-state index in [1.54, 1.807) is 0 Å². The highest BCUT2D eigenvalue weighted by Crippen LogP contribution is 2.30. The van der Waals surface area contributed by atoms with Crippen molar-refractivity contribution in [2.75, 3.05) is 7.11 Å². The Labute approximate surface area is 111 Å². The van der Waals surface area contributed by atoms with Crippen molar-refractivity contribution < 1.29 is 14.5 Å². The summed E-state index contributed by atoms with van der Waals surface area (Å²) in [6.45, 7) is 0. The molecule has 0 amide bonds. The summed E-state index contributed by atoms with van der Waals surface area (Å²) >= 11 is 8.99. The summed E-state index contributed by atoms with van der Waals surface area (Å²) in [6.07, 6.45) is -0.173. The number of rotatable bonds is 4. The maximum absolute atomic E-state index is 11.2. The Morgan fingerprint density at radius 1 is 1.53 bits per heavy atom. The van der Waals surface area contributed by atoms with Crippen LogP contribution in [0.15, 0.2) is 12.1 Å². The van der Waals surface area contributed by atoms with E-state index in [-0.39, 0.29) is 23.0 Å². The normalized spacial score (nSPS) is 10.1. The minimum atomic E-state index is -0.545. The minimum absolute atomic E-state index is 0.100. The predicted molar refractivity (Wildman–Crippen MR) is 66.5 cm³/mol. The number of carbonyl (C=O) groups excluding carboxylic acids is 1. The Balaban J connectivity index is 3.30. The van der Waals surface area contributed by atoms with Crippen LogP contribution in [-0.4, -0.2) is 18.0 Å². The van der Waals surface area contributed by atoms with Gasteiger partial charge in [-0.25, -0.2) is 0 Å². The summed E-state index contributed by atoms with van der Waals surface area (Å²) in [5, 5.41) is 11.6. The topological polar surface area (TPSA) is 69.4 Å². The molecule has 0 heterocycles. The molecule has 0 aromatic heterocycles. The van der Waals surface area contributed by atoms with E-state index in [1.807, 2.05) is 0 Å². The largest absolute Gasteiger partial charge is 0.469 e. The highest BCUT2D eigenvalue weighted by atomic mass is 79.9. The highest BCUT2D eigenvalue weighted by Gasteiger charge is 2.22. The second-order valence-corrected chi connectivity index (χ2v) is 4.21. The van der Waals surface area contributed by atoms with Gasteiger partial charge in [-0.05, 0) is 12.1 Å². The number of nitro benzene ring substituents is 1. The summed E-state index contributed by atoms with van der Waals surface area (Å²) in [6, 6.07) is 2.90. The van der Waals surface area contributed by atoms with Crippen LogP contribution < -0.4 is 0 Å². The van der Waals surface area contributed by atoms with E-state index in [4.69, 9.17) is 11.6 Å². The van der Waals surface area contributed by atoms with Crippen LogP contribution in [0.25, 0.3) is 0 Å². The fourth-order valence-electron chi connectivity index (χ4n) is 1.42. The van der Waals surface area contributed by atoms with E-state index >= 15 is 0 Å². The number of ether oxygens (including phenoxy) is 1. The van der Waals surface area contributed by atoms with Crippen molar-refractivity contribution in [3.05, 3.63) is 38.4 Å². The molecule has 0 aliphatic heterocycles. The number of alkyl halides is 1. The minimum Gasteiger partial charge on any atom is -0.469 e. The van der Waals surface area contributed by atoms with Gasteiger partial charge in [0, 0.05) is 21.5 Å². The van der Waals surface area contributed by atoms with Gasteiger partial charge < -0.3 is 4.74 Å². The molecule has 0 radical (unpaired) electrons. The molecule has 0 saturated heterocycles. The third-order valence-electron chi connectivity index (χ3n) is 2.12. The lowest BCUT2D eigenvalue weighted by atomic mass is 10.1. The quantitative estimate of drug-likeness (QED) is 0.370. The molecule has 5 nitrogen and oxygen atoms in total. The van der Waals surface area contributed by atoms with Crippen molar-refractivity contribution in [3.8, 4) is 0 Å². The second-order valence-electron chi connectivity index (χ2n) is 3.22. The lowest BCUT2D eigenvalue weighted by Gasteiger charge is -2.06. The lowest BCUT2D eigenvalue weighted by molar-refractivity contribution is -0.386. The third kappa shape index (κ3) is 3.41. The highest BCUT2D eigenvalue weighted by molar-refractivity contribution is 9.08. The average molecular weight is 323 g/mol. The molecule has 1 aromatic carbocycles. The maximum atomic E-state index is 11.2. The molecule has 0 fully saturated rings. The van der Waals surface area contributed by atoms with Crippen molar-refractivity contribution in [3.63, 3.8) is 0 Å². The lowest BCUT2D eigenvalue weighted by Crippen LogP contribution is -2.08. The standard InChI is InChI=1S/C10H9BrClNO4/c1-17-9(14)4-6-2-8(12)3-7(5-11)10(6)13(15)16/h2-3H,4-5H2,1H3. The van der Waals surface area contributed by atoms with Crippen LogP contribution in [0.4, 0.5) is 5.69 Å². The monoisotopic (exact) mass is 321 g/mol. The first kappa shape index (κ1) is 13.9. The smallest absolute Gasteiger partial charge is 0.310 e. The molecule has 1 rings (SSSR count). The maximum Gasteiger partial charge on any atom is 0.310 e. The van der Waals surface area contributed by atoms with E-state index in [1.165, 1.54) is 19.2 Å². The van der Waals surface area contributed by atoms with Crippen LogP contribution in [-0.2, 0) is 21.3 Å². The first-order valence-electron chi connectivity index (χ1n) is 4.58. The van der Waals surface area contributed by atoms with E-state index in [2.05, 4.69) is 20.7 Å². The van der Waals surface area contributed by atoms with Gasteiger partial charge in [0.1, 0.15) is 0 Å². The van der Waals surface area contributed by atoms with E-state index in [9.17, 15) is 14.9 Å². The molecule has 0 bridgehead atoms. The molecule has 0 unspecified atom stereocenters. The molecule has 0 aliphatic rings. The molecule has 0 aliphatic carbocycles. The van der Waals surface area contributed by atoms with Gasteiger partial charge in [0.15, 0.2) is 0 Å². The Hall–Kier alpha value is -1.14. The molecule has 7 heteroatoms. The number of methoxy groups -OCH3 is 1. The number of carbonyl (C=O) groups is 1. The summed E-state index contributed by atoms with van der Waals surface area (Å²) < 4.78 is 4.49. The Morgan fingerprint density at radius 2 is 2.12 bits per heavy atom. The number of benzene rings is 1. The van der Waals surface area contributed by atoms with Gasteiger partial charge >= 0.3 is 5.97 Å². The Bertz CT molecular complexity index is 464. The molecule has 0 N–H and O–H groups in total. The fraction of sp³-hybridized carbons (Fsp3) is 0.300. The van der Waals surface area contributed by atoms with E-state index < -0.39 is 10.9 Å². The van der Waals surface area contributed by atoms with Gasteiger partial charge in [-0.2, -0.15) is 0 Å². The summed E-state index contributed by atoms with van der Waals surface area (Å²) in [5.41, 5.74) is 0.585. The van der Waals surface area contributed by atoms with Crippen molar-refractivity contribution in [1.29, 1.82) is 0 Å². The molecular weight excluding hydrogens is 313 g/mol. The number of nitro groups is 1. The van der Waals surface area contributed by atoms with E-state index in [0.717, 1.165) is 0 Å². The molecule has 17 heavy (non-hydrogen) atoms. The number of nitrogens with zero attached hydrogens (tertiary/aromatic N) is 1. The van der Waals surface area contributed by atoms with Crippen LogP contribution in [0.3, 0.4) is 0 Å². The van der Waals surface area contributed by atoms with Crippen molar-refractivity contribution in [1.82, 2.24) is 0 Å². The molecular formula is C10H9BrClNO4. The first-order valence-corrected chi connectivity index (χ1v) is 6.08. The van der Waals surface area contributed by atoms with Gasteiger partial charge in [-0.3, -0.25) is 14.9 Å². The van der Waals surface area contributed by atoms with Crippen LogP contribution in [0.1, 0.15) is 11.1 Å². The van der Waals surface area contributed by atoms with Crippen LogP contribution in [0, 0.1) is 10.1 Å². The van der Waals surface area contributed by atoms with Crippen molar-refractivity contribution in [2.45, 2.75) is 11.8 Å². The van der Waals surface area contributed by atoms with Crippen molar-refractivity contribution >= 4 is 39.2 Å². The second kappa shape index (κ2) is 5.97. The number of hydrogen-bond donors (Lipinski definition) is 0. The predicted octanol–water partition coefficient (Wildman–Crippen LogP) is 2.86. The Kier molecular flexibility index (Phi) is 4.89. The zero-order valence-corrected chi connectivity index (χ0v) is 11.2. The molecule has 0 atom stereocenters. The van der Waals surface area contributed by atoms with E-state index in [0.29, 0.717) is 10.6 Å². The number of halogens is 2. The number of esters is 1. The average Bonchev–Trinajstić information content (AvgIpc) is 2.27. The Morgan fingerprint density at radius 3 is 2.59 bits per heavy atom. The third-order valence-corrected chi connectivity index (χ3v) is 2.94. The summed E-state index contributed by atoms with van der Waals surface area (Å²) in [4.78, 5) is 21.6. The van der Waals surface area contributed by atoms with Gasteiger partial charge in [0.2, 0.25) is 0 Å². The van der Waals surface area contributed by atoms with Gasteiger partial charge in [-0.15, -0.1) is 0 Å². The van der Waals surface area contributed by atoms with Crippen LogP contribution >= 0.6 is 27.5 Å². The zero-order chi connectivity index (χ0) is 13.0. The first-order chi connectivity index (χ1) is 7.99. The SMILES string of the molecule is COC(=O)Cc1cc(Cl)cc(CBr)c1[N+](=O)[O-]. The van der Waals surface area contributed by atoms with Gasteiger partial charge in [-0.1, -0.05) is 27.5 Å². The van der Waals surface area contributed by atoms with Crippen LogP contribution in [0.2, 0.25) is 5.02 Å². The van der Waals surface area contributed by atoms with Gasteiger partial charge in [0.05, 0.1) is 18.5 Å². The number of hydrogen-bond acceptors (Lipinski definition) is 4. The van der Waals surface area contributed by atoms with Crippen LogP contribution in [0.5, 0.6) is 0 Å². The molecule has 1 aromatic rings. The molecule has 0 saturated carbocycles. The summed E-state index contributed by atoms with van der Waals surface area (Å²) in [7, 11) is 1.23. The van der Waals surface area contributed by atoms with Gasteiger partial charge in [0.25, 0.3) is 5.69 Å². The molecule has 92 valence electrons. The fourth-order valence-corrected chi connectivity index (χ4v) is 2.11. The van der Waals surface area contributed by atoms with Crippen molar-refractivity contribution in [2.24, 2.45) is 0 Å². The zero-order valence-electron chi connectivity index (χ0n) is 8.91.